The van der Waals surface area contributed by atoms with Crippen molar-refractivity contribution in [1.29, 1.82) is 0 Å². The van der Waals surface area contributed by atoms with E-state index in [1.165, 1.54) is 0 Å². The SMILES string of the molecule is CC(Cl)CC(=O)c1cc(F)ccc1O. The summed E-state index contributed by atoms with van der Waals surface area (Å²) in [6.45, 7) is 1.66. The molecule has 0 fully saturated rings. The predicted molar refractivity (Wildman–Crippen MR) is 52.3 cm³/mol. The molecule has 0 saturated heterocycles. The Bertz CT molecular complexity index is 350. The van der Waals surface area contributed by atoms with Crippen molar-refractivity contribution < 1.29 is 14.3 Å². The summed E-state index contributed by atoms with van der Waals surface area (Å²) in [7, 11) is 0. The molecule has 0 radical (unpaired) electrons. The lowest BCUT2D eigenvalue weighted by molar-refractivity contribution is 0.0980. The number of alkyl halides is 1. The first kappa shape index (κ1) is 11.0. The van der Waals surface area contributed by atoms with Gasteiger partial charge in [-0.15, -0.1) is 11.6 Å². The standard InChI is InChI=1S/C10H10ClFO2/c1-6(11)4-10(14)8-5-7(12)2-3-9(8)13/h2-3,5-6,13H,4H2,1H3. The Balaban J connectivity index is 2.94. The van der Waals surface area contributed by atoms with Gasteiger partial charge in [0.05, 0.1) is 5.56 Å². The summed E-state index contributed by atoms with van der Waals surface area (Å²) < 4.78 is 12.7. The van der Waals surface area contributed by atoms with Crippen LogP contribution >= 0.6 is 11.6 Å². The number of carbonyl (C=O) groups excluding carboxylic acids is 1. The van der Waals surface area contributed by atoms with Gasteiger partial charge < -0.3 is 5.11 Å². The molecule has 14 heavy (non-hydrogen) atoms. The second-order valence-electron chi connectivity index (χ2n) is 3.07. The van der Waals surface area contributed by atoms with Crippen molar-refractivity contribution in [3.63, 3.8) is 0 Å². The van der Waals surface area contributed by atoms with Crippen molar-refractivity contribution in [2.75, 3.05) is 0 Å². The largest absolute Gasteiger partial charge is 0.507 e. The molecule has 0 aromatic heterocycles. The Morgan fingerprint density at radius 2 is 2.29 bits per heavy atom. The number of halogens is 2. The molecule has 0 aliphatic rings. The Morgan fingerprint density at radius 3 is 2.86 bits per heavy atom. The number of rotatable bonds is 3. The molecule has 0 aliphatic heterocycles. The average Bonchev–Trinajstić information content (AvgIpc) is 2.08. The van der Waals surface area contributed by atoms with Gasteiger partial charge in [-0.2, -0.15) is 0 Å². The van der Waals surface area contributed by atoms with E-state index in [0.717, 1.165) is 18.2 Å². The lowest BCUT2D eigenvalue weighted by atomic mass is 10.1. The maximum absolute atomic E-state index is 12.7. The molecule has 1 rings (SSSR count). The monoisotopic (exact) mass is 216 g/mol. The summed E-state index contributed by atoms with van der Waals surface area (Å²) in [5.74, 6) is -1.12. The maximum atomic E-state index is 12.7. The number of ketones is 1. The predicted octanol–water partition coefficient (Wildman–Crippen LogP) is 2.73. The lowest BCUT2D eigenvalue weighted by Crippen LogP contribution is -2.05. The first-order valence-electron chi connectivity index (χ1n) is 4.16. The van der Waals surface area contributed by atoms with Gasteiger partial charge in [-0.05, 0) is 25.1 Å². The van der Waals surface area contributed by atoms with E-state index in [2.05, 4.69) is 0 Å². The number of carbonyl (C=O) groups is 1. The molecule has 2 nitrogen and oxygen atoms in total. The van der Waals surface area contributed by atoms with E-state index in [9.17, 15) is 14.3 Å². The molecular weight excluding hydrogens is 207 g/mol. The van der Waals surface area contributed by atoms with Crippen LogP contribution in [0.2, 0.25) is 0 Å². The molecule has 4 heteroatoms. The topological polar surface area (TPSA) is 37.3 Å². The van der Waals surface area contributed by atoms with Crippen LogP contribution in [0, 0.1) is 5.82 Å². The summed E-state index contributed by atoms with van der Waals surface area (Å²) in [4.78, 5) is 11.4. The minimum atomic E-state index is -0.548. The van der Waals surface area contributed by atoms with Crippen LogP contribution < -0.4 is 0 Å². The second kappa shape index (κ2) is 4.42. The van der Waals surface area contributed by atoms with Crippen LogP contribution in [0.15, 0.2) is 18.2 Å². The molecule has 1 aromatic rings. The molecule has 0 saturated carbocycles. The van der Waals surface area contributed by atoms with Crippen molar-refractivity contribution in [1.82, 2.24) is 0 Å². The van der Waals surface area contributed by atoms with E-state index in [-0.39, 0.29) is 28.9 Å². The highest BCUT2D eigenvalue weighted by Gasteiger charge is 2.14. The smallest absolute Gasteiger partial charge is 0.168 e. The van der Waals surface area contributed by atoms with Crippen LogP contribution in [0.1, 0.15) is 23.7 Å². The van der Waals surface area contributed by atoms with Gasteiger partial charge in [-0.1, -0.05) is 0 Å². The Hall–Kier alpha value is -1.09. The second-order valence-corrected chi connectivity index (χ2v) is 3.81. The Labute approximate surface area is 86.3 Å². The Morgan fingerprint density at radius 1 is 1.64 bits per heavy atom. The van der Waals surface area contributed by atoms with Crippen molar-refractivity contribution in [3.05, 3.63) is 29.6 Å². The van der Waals surface area contributed by atoms with Crippen LogP contribution in [0.4, 0.5) is 4.39 Å². The van der Waals surface area contributed by atoms with Crippen LogP contribution in [0.5, 0.6) is 5.75 Å². The quantitative estimate of drug-likeness (QED) is 0.623. The van der Waals surface area contributed by atoms with Gasteiger partial charge in [0.1, 0.15) is 11.6 Å². The zero-order valence-corrected chi connectivity index (χ0v) is 8.38. The third-order valence-electron chi connectivity index (χ3n) is 1.73. The lowest BCUT2D eigenvalue weighted by Gasteiger charge is -2.04. The van der Waals surface area contributed by atoms with Crippen LogP contribution in [0.3, 0.4) is 0 Å². The number of phenols is 1. The van der Waals surface area contributed by atoms with Crippen LogP contribution in [0.25, 0.3) is 0 Å². The molecule has 0 bridgehead atoms. The van der Waals surface area contributed by atoms with E-state index >= 15 is 0 Å². The normalized spacial score (nSPS) is 12.5. The van der Waals surface area contributed by atoms with Gasteiger partial charge in [0.25, 0.3) is 0 Å². The molecule has 0 amide bonds. The number of benzene rings is 1. The number of aromatic hydroxyl groups is 1. The zero-order chi connectivity index (χ0) is 10.7. The third-order valence-corrected chi connectivity index (χ3v) is 1.88. The minimum absolute atomic E-state index is 0.0162. The van der Waals surface area contributed by atoms with Crippen molar-refractivity contribution in [3.8, 4) is 5.75 Å². The minimum Gasteiger partial charge on any atom is -0.507 e. The molecule has 0 heterocycles. The van der Waals surface area contributed by atoms with Crippen molar-refractivity contribution in [2.24, 2.45) is 0 Å². The number of phenolic OH excluding ortho intramolecular Hbond substituents is 1. The van der Waals surface area contributed by atoms with Gasteiger partial charge >= 0.3 is 0 Å². The molecule has 1 unspecified atom stereocenters. The van der Waals surface area contributed by atoms with Crippen LogP contribution in [-0.4, -0.2) is 16.3 Å². The number of hydrogen-bond donors (Lipinski definition) is 1. The average molecular weight is 217 g/mol. The molecule has 1 atom stereocenters. The first-order valence-corrected chi connectivity index (χ1v) is 4.60. The highest BCUT2D eigenvalue weighted by atomic mass is 35.5. The number of hydrogen-bond acceptors (Lipinski definition) is 2. The van der Waals surface area contributed by atoms with E-state index in [1.54, 1.807) is 6.92 Å². The molecule has 1 aromatic carbocycles. The van der Waals surface area contributed by atoms with E-state index in [1.807, 2.05) is 0 Å². The molecule has 1 N–H and O–H groups in total. The van der Waals surface area contributed by atoms with Crippen LogP contribution in [-0.2, 0) is 0 Å². The summed E-state index contributed by atoms with van der Waals surface area (Å²) in [5.41, 5.74) is -0.0162. The molecule has 0 spiro atoms. The third kappa shape index (κ3) is 2.70. The van der Waals surface area contributed by atoms with Gasteiger partial charge in [-0.25, -0.2) is 4.39 Å². The summed E-state index contributed by atoms with van der Waals surface area (Å²) >= 11 is 5.62. The van der Waals surface area contributed by atoms with Crippen molar-refractivity contribution >= 4 is 17.4 Å². The fourth-order valence-electron chi connectivity index (χ4n) is 1.10. The summed E-state index contributed by atoms with van der Waals surface area (Å²) in [6, 6.07) is 3.26. The first-order chi connectivity index (χ1) is 6.50. The van der Waals surface area contributed by atoms with Crippen molar-refractivity contribution in [2.45, 2.75) is 18.7 Å². The van der Waals surface area contributed by atoms with E-state index in [0.29, 0.717) is 0 Å². The summed E-state index contributed by atoms with van der Waals surface area (Å²) in [6.07, 6.45) is 0.0819. The molecule has 76 valence electrons. The highest BCUT2D eigenvalue weighted by Crippen LogP contribution is 2.20. The van der Waals surface area contributed by atoms with Gasteiger partial charge in [0, 0.05) is 11.8 Å². The molecular formula is C10H10ClFO2. The Kier molecular flexibility index (Phi) is 3.47. The number of Topliss-reactive ketones (excluding diaryl/α,β-unsaturated/α-hetero) is 1. The van der Waals surface area contributed by atoms with Gasteiger partial charge in [0.15, 0.2) is 5.78 Å². The maximum Gasteiger partial charge on any atom is 0.168 e. The summed E-state index contributed by atoms with van der Waals surface area (Å²) in [5, 5.41) is 8.96. The van der Waals surface area contributed by atoms with E-state index in [4.69, 9.17) is 11.6 Å². The molecule has 0 aliphatic carbocycles. The van der Waals surface area contributed by atoms with Gasteiger partial charge in [0.2, 0.25) is 0 Å². The fourth-order valence-corrected chi connectivity index (χ4v) is 1.24. The fraction of sp³-hybridized carbons (Fsp3) is 0.300. The van der Waals surface area contributed by atoms with Gasteiger partial charge in [-0.3, -0.25) is 4.79 Å². The van der Waals surface area contributed by atoms with E-state index < -0.39 is 5.82 Å². The highest BCUT2D eigenvalue weighted by molar-refractivity contribution is 6.22. The zero-order valence-electron chi connectivity index (χ0n) is 7.63.